The molecule has 0 bridgehead atoms. The topological polar surface area (TPSA) is 66.9 Å². The number of fused-ring (bicyclic) bond motifs is 5. The number of para-hydroxylation sites is 2. The van der Waals surface area contributed by atoms with Gasteiger partial charge < -0.3 is 0 Å². The van der Waals surface area contributed by atoms with Gasteiger partial charge in [-0.15, -0.1) is 0 Å². The van der Waals surface area contributed by atoms with Gasteiger partial charge in [-0.25, -0.2) is 9.96 Å². The van der Waals surface area contributed by atoms with Gasteiger partial charge in [-0.05, 0) is 29.8 Å². The molecule has 6 rings (SSSR count). The highest BCUT2D eigenvalue weighted by Crippen LogP contribution is 2.57. The summed E-state index contributed by atoms with van der Waals surface area (Å²) < 4.78 is 0. The van der Waals surface area contributed by atoms with E-state index in [-0.39, 0.29) is 5.78 Å². The number of ketones is 1. The summed E-state index contributed by atoms with van der Waals surface area (Å²) in [5, 5.41) is 1.49. The third-order valence-electron chi connectivity index (χ3n) is 6.18. The van der Waals surface area contributed by atoms with E-state index < -0.39 is 29.4 Å². The van der Waals surface area contributed by atoms with E-state index >= 15 is 0 Å². The standard InChI is InChI=1S/C24H16N2O4/c27-21-17-13-7-8-14-18(17)26-24(21,15-9-3-1-4-10-15)19-20(30-26)23(29)25(22(19)28)16-11-5-2-6-12-16/h1-14,19-20H/t19-,20+,24-/m1/s1. The maximum absolute atomic E-state index is 13.8. The molecule has 146 valence electrons. The molecule has 3 aliphatic rings. The molecule has 0 aromatic heterocycles. The Labute approximate surface area is 172 Å². The van der Waals surface area contributed by atoms with Gasteiger partial charge in [-0.3, -0.25) is 19.2 Å². The second-order valence-corrected chi connectivity index (χ2v) is 7.62. The van der Waals surface area contributed by atoms with Crippen LogP contribution < -0.4 is 9.96 Å². The summed E-state index contributed by atoms with van der Waals surface area (Å²) in [6.07, 6.45) is -1.06. The number of nitrogens with zero attached hydrogens (tertiary/aromatic N) is 2. The number of rotatable bonds is 2. The molecule has 3 heterocycles. The fourth-order valence-corrected chi connectivity index (χ4v) is 4.95. The molecule has 3 aromatic carbocycles. The quantitative estimate of drug-likeness (QED) is 0.623. The predicted molar refractivity (Wildman–Crippen MR) is 109 cm³/mol. The maximum Gasteiger partial charge on any atom is 0.266 e. The lowest BCUT2D eigenvalue weighted by Crippen LogP contribution is -2.51. The number of hydrogen-bond acceptors (Lipinski definition) is 5. The molecule has 0 N–H and O–H groups in total. The van der Waals surface area contributed by atoms with Crippen LogP contribution in [0.4, 0.5) is 11.4 Å². The normalized spacial score (nSPS) is 26.7. The van der Waals surface area contributed by atoms with Gasteiger partial charge in [0, 0.05) is 5.56 Å². The molecule has 2 amide bonds. The molecule has 3 atom stereocenters. The van der Waals surface area contributed by atoms with Crippen LogP contribution >= 0.6 is 0 Å². The van der Waals surface area contributed by atoms with Gasteiger partial charge in [-0.2, -0.15) is 0 Å². The lowest BCUT2D eigenvalue weighted by atomic mass is 9.74. The van der Waals surface area contributed by atoms with Crippen LogP contribution in [0.1, 0.15) is 15.9 Å². The number of imide groups is 1. The highest BCUT2D eigenvalue weighted by atomic mass is 16.7. The molecule has 0 spiro atoms. The van der Waals surface area contributed by atoms with Crippen molar-refractivity contribution < 1.29 is 19.2 Å². The van der Waals surface area contributed by atoms with Crippen molar-refractivity contribution in [2.24, 2.45) is 5.92 Å². The molecule has 3 aromatic rings. The minimum absolute atomic E-state index is 0.229. The van der Waals surface area contributed by atoms with Gasteiger partial charge in [0.05, 0.1) is 11.4 Å². The van der Waals surface area contributed by atoms with Gasteiger partial charge in [0.1, 0.15) is 5.92 Å². The van der Waals surface area contributed by atoms with Crippen molar-refractivity contribution in [1.29, 1.82) is 0 Å². The van der Waals surface area contributed by atoms with Gasteiger partial charge in [0.15, 0.2) is 17.4 Å². The summed E-state index contributed by atoms with van der Waals surface area (Å²) in [6.45, 7) is 0. The Hall–Kier alpha value is -3.77. The number of benzene rings is 3. The second kappa shape index (κ2) is 5.87. The van der Waals surface area contributed by atoms with E-state index in [1.165, 1.54) is 5.06 Å². The molecule has 0 unspecified atom stereocenters. The van der Waals surface area contributed by atoms with Crippen molar-refractivity contribution in [2.45, 2.75) is 11.6 Å². The van der Waals surface area contributed by atoms with E-state index in [0.29, 0.717) is 22.5 Å². The second-order valence-electron chi connectivity index (χ2n) is 7.62. The van der Waals surface area contributed by atoms with Crippen molar-refractivity contribution in [3.63, 3.8) is 0 Å². The van der Waals surface area contributed by atoms with Crippen LogP contribution in [0, 0.1) is 5.92 Å². The Morgan fingerprint density at radius 2 is 1.37 bits per heavy atom. The largest absolute Gasteiger partial charge is 0.291 e. The fraction of sp³-hybridized carbons (Fsp3) is 0.125. The molecular weight excluding hydrogens is 380 g/mol. The minimum atomic E-state index is -1.41. The van der Waals surface area contributed by atoms with E-state index in [2.05, 4.69) is 0 Å². The molecular formula is C24H16N2O4. The van der Waals surface area contributed by atoms with Crippen LogP contribution in [0.3, 0.4) is 0 Å². The minimum Gasteiger partial charge on any atom is -0.291 e. The monoisotopic (exact) mass is 396 g/mol. The van der Waals surface area contributed by atoms with Gasteiger partial charge in [0.2, 0.25) is 5.91 Å². The smallest absolute Gasteiger partial charge is 0.266 e. The number of Topliss-reactive ketones (excluding diaryl/α,β-unsaturated/α-hetero) is 1. The Balaban J connectivity index is 1.58. The molecule has 30 heavy (non-hydrogen) atoms. The Bertz CT molecular complexity index is 1210. The van der Waals surface area contributed by atoms with Gasteiger partial charge in [0.25, 0.3) is 5.91 Å². The van der Waals surface area contributed by atoms with E-state index in [9.17, 15) is 14.4 Å². The average molecular weight is 396 g/mol. The molecule has 0 saturated carbocycles. The first-order valence-corrected chi connectivity index (χ1v) is 9.75. The number of hydrogen-bond donors (Lipinski definition) is 0. The summed E-state index contributed by atoms with van der Waals surface area (Å²) in [6, 6.07) is 25.0. The van der Waals surface area contributed by atoms with E-state index in [0.717, 1.165) is 4.90 Å². The first kappa shape index (κ1) is 17.1. The molecule has 0 aliphatic carbocycles. The summed E-state index contributed by atoms with van der Waals surface area (Å²) in [4.78, 5) is 48.0. The number of carbonyl (C=O) groups excluding carboxylic acids is 3. The summed E-state index contributed by atoms with van der Waals surface area (Å²) in [5.41, 5.74) is 0.759. The molecule has 3 aliphatic heterocycles. The van der Waals surface area contributed by atoms with Crippen molar-refractivity contribution in [3.05, 3.63) is 96.1 Å². The summed E-state index contributed by atoms with van der Waals surface area (Å²) in [5.74, 6) is -2.09. The number of amides is 2. The first-order chi connectivity index (χ1) is 14.7. The lowest BCUT2D eigenvalue weighted by molar-refractivity contribution is -0.126. The Morgan fingerprint density at radius 1 is 0.733 bits per heavy atom. The average Bonchev–Trinajstić information content (AvgIpc) is 3.36. The summed E-state index contributed by atoms with van der Waals surface area (Å²) >= 11 is 0. The van der Waals surface area contributed by atoms with Crippen molar-refractivity contribution in [3.8, 4) is 0 Å². The zero-order chi connectivity index (χ0) is 20.5. The third-order valence-corrected chi connectivity index (χ3v) is 6.18. The lowest BCUT2D eigenvalue weighted by Gasteiger charge is -2.34. The number of hydroxylamine groups is 1. The fourth-order valence-electron chi connectivity index (χ4n) is 4.95. The Morgan fingerprint density at radius 3 is 2.10 bits per heavy atom. The zero-order valence-electron chi connectivity index (χ0n) is 15.8. The zero-order valence-corrected chi connectivity index (χ0v) is 15.8. The first-order valence-electron chi connectivity index (χ1n) is 9.75. The number of anilines is 2. The number of carbonyl (C=O) groups is 3. The van der Waals surface area contributed by atoms with Crippen LogP contribution in [0.5, 0.6) is 0 Å². The molecule has 0 radical (unpaired) electrons. The maximum atomic E-state index is 13.8. The summed E-state index contributed by atoms with van der Waals surface area (Å²) in [7, 11) is 0. The predicted octanol–water partition coefficient (Wildman–Crippen LogP) is 3.09. The molecule has 6 nitrogen and oxygen atoms in total. The third kappa shape index (κ3) is 1.89. The van der Waals surface area contributed by atoms with Crippen LogP contribution in [0.2, 0.25) is 0 Å². The van der Waals surface area contributed by atoms with E-state index in [4.69, 9.17) is 4.84 Å². The van der Waals surface area contributed by atoms with Crippen molar-refractivity contribution in [2.75, 3.05) is 9.96 Å². The molecule has 2 fully saturated rings. The highest BCUT2D eigenvalue weighted by Gasteiger charge is 2.73. The van der Waals surface area contributed by atoms with Crippen LogP contribution in [0.25, 0.3) is 0 Å². The van der Waals surface area contributed by atoms with Gasteiger partial charge in [-0.1, -0.05) is 60.7 Å². The van der Waals surface area contributed by atoms with Crippen molar-refractivity contribution in [1.82, 2.24) is 0 Å². The van der Waals surface area contributed by atoms with E-state index in [1.807, 2.05) is 42.5 Å². The SMILES string of the molecule is O=C1[C@H]2ON3c4ccccc4C(=O)[C@@]3(c3ccccc3)[C@H]2C(=O)N1c1ccccc1. The van der Waals surface area contributed by atoms with Gasteiger partial charge >= 0.3 is 0 Å². The van der Waals surface area contributed by atoms with Crippen molar-refractivity contribution >= 4 is 29.0 Å². The molecule has 6 heteroatoms. The van der Waals surface area contributed by atoms with Crippen LogP contribution in [-0.2, 0) is 20.0 Å². The molecule has 2 saturated heterocycles. The Kier molecular flexibility index (Phi) is 3.35. The van der Waals surface area contributed by atoms with E-state index in [1.54, 1.807) is 42.5 Å². The van der Waals surface area contributed by atoms with Crippen LogP contribution in [-0.4, -0.2) is 23.7 Å². The highest BCUT2D eigenvalue weighted by molar-refractivity contribution is 6.28. The van der Waals surface area contributed by atoms with Crippen LogP contribution in [0.15, 0.2) is 84.9 Å².